The molecule has 0 fully saturated rings. The summed E-state index contributed by atoms with van der Waals surface area (Å²) in [6, 6.07) is 10.1. The maximum atomic E-state index is 8.95. The number of aryl methyl sites for hydroxylation is 1. The van der Waals surface area contributed by atoms with E-state index in [1.54, 1.807) is 0 Å². The number of aliphatic hydroxyl groups is 1. The average Bonchev–Trinajstić information content (AvgIpc) is 2.25. The second kappa shape index (κ2) is 5.86. The first-order valence-electron chi connectivity index (χ1n) is 4.49. The van der Waals surface area contributed by atoms with Gasteiger partial charge in [-0.05, 0) is 12.0 Å². The molecule has 0 saturated carbocycles. The molecule has 0 spiro atoms. The predicted molar refractivity (Wildman–Crippen MR) is 57.4 cm³/mol. The van der Waals surface area contributed by atoms with E-state index in [4.69, 9.17) is 11.5 Å². The van der Waals surface area contributed by atoms with Gasteiger partial charge in [0.25, 0.3) is 0 Å². The first kappa shape index (κ1) is 10.4. The van der Waals surface area contributed by atoms with E-state index in [1.807, 2.05) is 18.2 Å². The van der Waals surface area contributed by atoms with Crippen LogP contribution in [0.2, 0.25) is 0 Å². The summed E-state index contributed by atoms with van der Waals surface area (Å²) in [4.78, 5) is 0. The van der Waals surface area contributed by atoms with Crippen LogP contribution in [-0.2, 0) is 6.42 Å². The van der Waals surface area contributed by atoms with E-state index in [0.29, 0.717) is 0 Å². The van der Waals surface area contributed by atoms with Crippen LogP contribution in [-0.4, -0.2) is 11.2 Å². The smallest absolute Gasteiger partial charge is 0.176 e. The topological polar surface area (TPSA) is 20.2 Å². The molecule has 1 nitrogen and oxygen atoms in total. The van der Waals surface area contributed by atoms with Gasteiger partial charge in [-0.3, -0.25) is 0 Å². The highest BCUT2D eigenvalue weighted by atomic mass is 16.3. The van der Waals surface area contributed by atoms with Gasteiger partial charge in [-0.1, -0.05) is 48.1 Å². The highest BCUT2D eigenvalue weighted by molar-refractivity contribution is 5.19. The van der Waals surface area contributed by atoms with Crippen molar-refractivity contribution in [2.75, 3.05) is 0 Å². The van der Waals surface area contributed by atoms with E-state index >= 15 is 0 Å². The lowest BCUT2D eigenvalue weighted by molar-refractivity contribution is 0.290. The van der Waals surface area contributed by atoms with Crippen LogP contribution in [0.5, 0.6) is 0 Å². The monoisotopic (exact) mass is 184 g/mol. The van der Waals surface area contributed by atoms with E-state index in [1.165, 1.54) is 5.56 Å². The maximum Gasteiger partial charge on any atom is 0.176 e. The van der Waals surface area contributed by atoms with Crippen molar-refractivity contribution >= 4 is 0 Å². The summed E-state index contributed by atoms with van der Waals surface area (Å²) in [7, 11) is 0. The first-order valence-corrected chi connectivity index (χ1v) is 4.49. The Morgan fingerprint density at radius 3 is 2.64 bits per heavy atom. The Morgan fingerprint density at radius 1 is 1.29 bits per heavy atom. The van der Waals surface area contributed by atoms with Crippen LogP contribution in [0.15, 0.2) is 30.3 Å². The molecule has 0 aliphatic rings. The van der Waals surface area contributed by atoms with Crippen LogP contribution >= 0.6 is 0 Å². The highest BCUT2D eigenvalue weighted by Crippen LogP contribution is 2.01. The molecule has 1 aromatic carbocycles. The zero-order valence-corrected chi connectivity index (χ0v) is 7.90. The molecule has 0 radical (unpaired) electrons. The number of terminal acetylenes is 1. The summed E-state index contributed by atoms with van der Waals surface area (Å²) >= 11 is 0. The fourth-order valence-corrected chi connectivity index (χ4v) is 1.06. The fraction of sp³-hybridized carbons (Fsp3) is 0.231. The van der Waals surface area contributed by atoms with Crippen molar-refractivity contribution in [3.63, 3.8) is 0 Å². The number of rotatable bonds is 2. The van der Waals surface area contributed by atoms with E-state index in [-0.39, 0.29) is 0 Å². The van der Waals surface area contributed by atoms with E-state index < -0.39 is 6.10 Å². The van der Waals surface area contributed by atoms with Crippen molar-refractivity contribution in [3.05, 3.63) is 35.9 Å². The maximum absolute atomic E-state index is 8.95. The second-order valence-electron chi connectivity index (χ2n) is 2.88. The third-order valence-electron chi connectivity index (χ3n) is 1.78. The van der Waals surface area contributed by atoms with Gasteiger partial charge in [0.1, 0.15) is 0 Å². The molecule has 0 bridgehead atoms. The Labute approximate surface area is 84.8 Å². The van der Waals surface area contributed by atoms with Crippen molar-refractivity contribution in [2.45, 2.75) is 18.9 Å². The third kappa shape index (κ3) is 3.81. The van der Waals surface area contributed by atoms with Crippen LogP contribution in [0.4, 0.5) is 0 Å². The molecule has 0 aliphatic carbocycles. The standard InChI is InChI=1S/C13H12O/c1-2-13(14)11-7-6-10-12-8-4-3-5-9-12/h1,3-5,8-9,13-14H,6,10H2. The Hall–Kier alpha value is -1.70. The van der Waals surface area contributed by atoms with Gasteiger partial charge in [0.05, 0.1) is 0 Å². The summed E-state index contributed by atoms with van der Waals surface area (Å²) in [5.74, 6) is 7.56. The lowest BCUT2D eigenvalue weighted by Crippen LogP contribution is -1.96. The molecule has 0 saturated heterocycles. The van der Waals surface area contributed by atoms with Gasteiger partial charge >= 0.3 is 0 Å². The fourth-order valence-electron chi connectivity index (χ4n) is 1.06. The molecule has 1 N–H and O–H groups in total. The SMILES string of the molecule is C#CC(O)C#CCCc1ccccc1. The molecule has 1 aromatic rings. The van der Waals surface area contributed by atoms with Gasteiger partial charge in [-0.2, -0.15) is 0 Å². The molecule has 0 aromatic heterocycles. The van der Waals surface area contributed by atoms with E-state index in [9.17, 15) is 0 Å². The molecule has 1 atom stereocenters. The van der Waals surface area contributed by atoms with Gasteiger partial charge in [-0.25, -0.2) is 0 Å². The lowest BCUT2D eigenvalue weighted by Gasteiger charge is -1.94. The molecular formula is C13H12O. The molecule has 1 unspecified atom stereocenters. The van der Waals surface area contributed by atoms with Crippen LogP contribution in [0.25, 0.3) is 0 Å². The van der Waals surface area contributed by atoms with Gasteiger partial charge in [0.2, 0.25) is 0 Å². The van der Waals surface area contributed by atoms with Gasteiger partial charge < -0.3 is 5.11 Å². The second-order valence-corrected chi connectivity index (χ2v) is 2.88. The molecule has 0 aliphatic heterocycles. The summed E-state index contributed by atoms with van der Waals surface area (Å²) in [6.45, 7) is 0. The first-order chi connectivity index (χ1) is 6.83. The van der Waals surface area contributed by atoms with E-state index in [0.717, 1.165) is 12.8 Å². The molecule has 1 rings (SSSR count). The molecule has 0 heterocycles. The number of hydrogen-bond donors (Lipinski definition) is 1. The van der Waals surface area contributed by atoms with Gasteiger partial charge in [0, 0.05) is 6.42 Å². The quantitative estimate of drug-likeness (QED) is 0.692. The van der Waals surface area contributed by atoms with Crippen molar-refractivity contribution in [1.82, 2.24) is 0 Å². The number of benzene rings is 1. The van der Waals surface area contributed by atoms with Gasteiger partial charge in [-0.15, -0.1) is 6.42 Å². The van der Waals surface area contributed by atoms with Crippen molar-refractivity contribution < 1.29 is 5.11 Å². The lowest BCUT2D eigenvalue weighted by atomic mass is 10.1. The minimum atomic E-state index is -0.925. The summed E-state index contributed by atoms with van der Waals surface area (Å²) in [5.41, 5.74) is 1.25. The normalized spacial score (nSPS) is 10.9. The van der Waals surface area contributed by atoms with Crippen LogP contribution in [0.3, 0.4) is 0 Å². The third-order valence-corrected chi connectivity index (χ3v) is 1.78. The van der Waals surface area contributed by atoms with E-state index in [2.05, 4.69) is 29.9 Å². The largest absolute Gasteiger partial charge is 0.369 e. The van der Waals surface area contributed by atoms with Crippen LogP contribution < -0.4 is 0 Å². The molecule has 14 heavy (non-hydrogen) atoms. The summed E-state index contributed by atoms with van der Waals surface area (Å²) in [5, 5.41) is 8.95. The highest BCUT2D eigenvalue weighted by Gasteiger charge is 1.89. The Kier molecular flexibility index (Phi) is 4.35. The van der Waals surface area contributed by atoms with Crippen molar-refractivity contribution in [3.8, 4) is 24.2 Å². The zero-order valence-electron chi connectivity index (χ0n) is 7.90. The molecule has 0 amide bonds. The van der Waals surface area contributed by atoms with Crippen LogP contribution in [0, 0.1) is 24.2 Å². The summed E-state index contributed by atoms with van der Waals surface area (Å²) < 4.78 is 0. The number of aliphatic hydroxyl groups excluding tert-OH is 1. The predicted octanol–water partition coefficient (Wildman–Crippen LogP) is 1.62. The minimum absolute atomic E-state index is 0.725. The summed E-state index contributed by atoms with van der Waals surface area (Å²) in [6.07, 6.45) is 5.66. The molecule has 70 valence electrons. The number of hydrogen-bond acceptors (Lipinski definition) is 1. The Bertz CT molecular complexity index is 362. The molecule has 1 heteroatoms. The minimum Gasteiger partial charge on any atom is -0.369 e. The average molecular weight is 184 g/mol. The Balaban J connectivity index is 2.35. The van der Waals surface area contributed by atoms with Gasteiger partial charge in [0.15, 0.2) is 6.10 Å². The Morgan fingerprint density at radius 2 is 2.00 bits per heavy atom. The van der Waals surface area contributed by atoms with Crippen LogP contribution in [0.1, 0.15) is 12.0 Å². The molecular weight excluding hydrogens is 172 g/mol. The van der Waals surface area contributed by atoms with Crippen molar-refractivity contribution in [2.24, 2.45) is 0 Å². The zero-order chi connectivity index (χ0) is 10.2. The van der Waals surface area contributed by atoms with Crippen molar-refractivity contribution in [1.29, 1.82) is 0 Å².